The quantitative estimate of drug-likeness (QED) is 0.915. The van der Waals surface area contributed by atoms with Crippen molar-refractivity contribution in [3.8, 4) is 0 Å². The first kappa shape index (κ1) is 16.8. The Morgan fingerprint density at radius 3 is 2.69 bits per heavy atom. The lowest BCUT2D eigenvalue weighted by Crippen LogP contribution is -2.44. The van der Waals surface area contributed by atoms with Gasteiger partial charge in [-0.3, -0.25) is 9.59 Å². The second-order valence-corrected chi connectivity index (χ2v) is 7.14. The number of hydrogen-bond acceptors (Lipinski definition) is 5. The minimum absolute atomic E-state index is 0.0262. The third-order valence-electron chi connectivity index (χ3n) is 5.38. The van der Waals surface area contributed by atoms with Crippen LogP contribution in [0.15, 0.2) is 22.7 Å². The Morgan fingerprint density at radius 1 is 1.27 bits per heavy atom. The first-order chi connectivity index (χ1) is 12.5. The first-order valence-corrected chi connectivity index (χ1v) is 9.03. The second kappa shape index (κ2) is 6.23. The van der Waals surface area contributed by atoms with E-state index in [-0.39, 0.29) is 11.8 Å². The third-order valence-corrected chi connectivity index (χ3v) is 5.38. The highest BCUT2D eigenvalue weighted by Crippen LogP contribution is 2.38. The Hall–Kier alpha value is -2.70. The van der Waals surface area contributed by atoms with Crippen LogP contribution in [0.3, 0.4) is 0 Å². The van der Waals surface area contributed by atoms with E-state index in [0.717, 1.165) is 43.4 Å². The zero-order chi connectivity index (χ0) is 18.3. The van der Waals surface area contributed by atoms with E-state index in [4.69, 9.17) is 4.52 Å². The Labute approximate surface area is 151 Å². The van der Waals surface area contributed by atoms with Crippen LogP contribution in [0.2, 0.25) is 0 Å². The molecule has 0 unspecified atom stereocenters. The Bertz CT molecular complexity index is 867. The predicted molar refractivity (Wildman–Crippen MR) is 94.8 cm³/mol. The summed E-state index contributed by atoms with van der Waals surface area (Å²) in [6.07, 6.45) is 4.42. The van der Waals surface area contributed by atoms with Gasteiger partial charge < -0.3 is 14.7 Å². The standard InChI is InChI=1S/C19H22N4O3/c1-12-20-18(22-26-12)19(8-3-4-9-19)21-17(25)15-5-6-16-14(11-15)7-10-23(16)13(2)24/h5-6,11H,3-4,7-10H2,1-2H3,(H,21,25). The summed E-state index contributed by atoms with van der Waals surface area (Å²) >= 11 is 0. The van der Waals surface area contributed by atoms with Crippen LogP contribution >= 0.6 is 0 Å². The largest absolute Gasteiger partial charge is 0.340 e. The van der Waals surface area contributed by atoms with Crippen LogP contribution < -0.4 is 10.2 Å². The summed E-state index contributed by atoms with van der Waals surface area (Å²) < 4.78 is 5.13. The molecule has 1 saturated carbocycles. The molecule has 2 aliphatic rings. The molecule has 7 heteroatoms. The predicted octanol–water partition coefficient (Wildman–Crippen LogP) is 2.49. The molecule has 4 rings (SSSR count). The van der Waals surface area contributed by atoms with Crippen molar-refractivity contribution in [1.82, 2.24) is 15.5 Å². The summed E-state index contributed by atoms with van der Waals surface area (Å²) in [5, 5.41) is 7.22. The summed E-state index contributed by atoms with van der Waals surface area (Å²) in [6, 6.07) is 5.52. The maximum atomic E-state index is 12.9. The number of carbonyl (C=O) groups excluding carboxylic acids is 2. The Morgan fingerprint density at radius 2 is 2.04 bits per heavy atom. The smallest absolute Gasteiger partial charge is 0.252 e. The monoisotopic (exact) mass is 354 g/mol. The molecular weight excluding hydrogens is 332 g/mol. The zero-order valence-corrected chi connectivity index (χ0v) is 15.0. The van der Waals surface area contributed by atoms with Crippen LogP contribution in [-0.2, 0) is 16.8 Å². The van der Waals surface area contributed by atoms with Crippen molar-refractivity contribution in [3.63, 3.8) is 0 Å². The van der Waals surface area contributed by atoms with Gasteiger partial charge in [-0.05, 0) is 43.0 Å². The van der Waals surface area contributed by atoms with Crippen molar-refractivity contribution in [2.75, 3.05) is 11.4 Å². The molecule has 0 saturated heterocycles. The van der Waals surface area contributed by atoms with Gasteiger partial charge in [-0.1, -0.05) is 18.0 Å². The normalized spacial score (nSPS) is 18.0. The number of hydrogen-bond donors (Lipinski definition) is 1. The second-order valence-electron chi connectivity index (χ2n) is 7.14. The van der Waals surface area contributed by atoms with Gasteiger partial charge in [-0.15, -0.1) is 0 Å². The minimum Gasteiger partial charge on any atom is -0.340 e. The summed E-state index contributed by atoms with van der Waals surface area (Å²) in [6.45, 7) is 3.98. The fourth-order valence-electron chi connectivity index (χ4n) is 4.04. The highest BCUT2D eigenvalue weighted by Gasteiger charge is 2.41. The van der Waals surface area contributed by atoms with E-state index < -0.39 is 5.54 Å². The van der Waals surface area contributed by atoms with Crippen LogP contribution in [0.25, 0.3) is 0 Å². The topological polar surface area (TPSA) is 88.3 Å². The van der Waals surface area contributed by atoms with E-state index in [0.29, 0.717) is 23.8 Å². The number of benzene rings is 1. The van der Waals surface area contributed by atoms with Crippen LogP contribution in [0.1, 0.15) is 60.2 Å². The van der Waals surface area contributed by atoms with Crippen molar-refractivity contribution in [2.24, 2.45) is 0 Å². The van der Waals surface area contributed by atoms with Gasteiger partial charge in [0.2, 0.25) is 11.8 Å². The minimum atomic E-state index is -0.556. The van der Waals surface area contributed by atoms with Gasteiger partial charge in [0.1, 0.15) is 5.54 Å². The van der Waals surface area contributed by atoms with Crippen LogP contribution in [0.5, 0.6) is 0 Å². The summed E-state index contributed by atoms with van der Waals surface area (Å²) in [5.41, 5.74) is 1.97. The molecule has 1 N–H and O–H groups in total. The molecule has 1 fully saturated rings. The van der Waals surface area contributed by atoms with Gasteiger partial charge in [0, 0.05) is 31.6 Å². The average molecular weight is 354 g/mol. The molecule has 1 aliphatic heterocycles. The van der Waals surface area contributed by atoms with Crippen LogP contribution in [0, 0.1) is 6.92 Å². The number of anilines is 1. The highest BCUT2D eigenvalue weighted by molar-refractivity contribution is 5.98. The zero-order valence-electron chi connectivity index (χ0n) is 15.0. The van der Waals surface area contributed by atoms with Gasteiger partial charge in [-0.2, -0.15) is 4.98 Å². The van der Waals surface area contributed by atoms with Crippen LogP contribution in [0.4, 0.5) is 5.69 Å². The molecule has 136 valence electrons. The van der Waals surface area contributed by atoms with Gasteiger partial charge in [0.25, 0.3) is 5.91 Å². The molecule has 26 heavy (non-hydrogen) atoms. The number of aromatic nitrogens is 2. The number of rotatable bonds is 3. The lowest BCUT2D eigenvalue weighted by Gasteiger charge is -2.27. The molecule has 7 nitrogen and oxygen atoms in total. The maximum absolute atomic E-state index is 12.9. The SMILES string of the molecule is CC(=O)N1CCc2cc(C(=O)NC3(c4noc(C)n4)CCCC3)ccc21. The number of nitrogens with zero attached hydrogens (tertiary/aromatic N) is 3. The van der Waals surface area contributed by atoms with E-state index in [1.54, 1.807) is 24.8 Å². The van der Waals surface area contributed by atoms with Crippen molar-refractivity contribution >= 4 is 17.5 Å². The summed E-state index contributed by atoms with van der Waals surface area (Å²) in [4.78, 5) is 30.7. The van der Waals surface area contributed by atoms with E-state index >= 15 is 0 Å². The van der Waals surface area contributed by atoms with Gasteiger partial charge in [0.15, 0.2) is 5.82 Å². The molecule has 2 amide bonds. The lowest BCUT2D eigenvalue weighted by molar-refractivity contribution is -0.116. The van der Waals surface area contributed by atoms with Crippen LogP contribution in [-0.4, -0.2) is 28.5 Å². The Kier molecular flexibility index (Phi) is 4.01. The first-order valence-electron chi connectivity index (χ1n) is 9.03. The number of carbonyl (C=O) groups is 2. The van der Waals surface area contributed by atoms with Gasteiger partial charge in [0.05, 0.1) is 0 Å². The number of nitrogens with one attached hydrogen (secondary N) is 1. The number of fused-ring (bicyclic) bond motifs is 1. The average Bonchev–Trinajstić information content (AvgIpc) is 3.33. The molecule has 0 bridgehead atoms. The molecule has 0 spiro atoms. The Balaban J connectivity index is 1.59. The molecular formula is C19H22N4O3. The number of amides is 2. The number of aryl methyl sites for hydroxylation is 1. The summed E-state index contributed by atoms with van der Waals surface area (Å²) in [7, 11) is 0. The molecule has 1 aromatic carbocycles. The van der Waals surface area contributed by atoms with Crippen molar-refractivity contribution in [2.45, 2.75) is 51.5 Å². The van der Waals surface area contributed by atoms with Crippen molar-refractivity contribution in [1.29, 1.82) is 0 Å². The third kappa shape index (κ3) is 2.77. The fraction of sp³-hybridized carbons (Fsp3) is 0.474. The fourth-order valence-corrected chi connectivity index (χ4v) is 4.04. The molecule has 1 aromatic heterocycles. The van der Waals surface area contributed by atoms with E-state index in [1.165, 1.54) is 0 Å². The van der Waals surface area contributed by atoms with Crippen molar-refractivity contribution < 1.29 is 14.1 Å². The molecule has 0 atom stereocenters. The van der Waals surface area contributed by atoms with Gasteiger partial charge >= 0.3 is 0 Å². The summed E-state index contributed by atoms with van der Waals surface area (Å²) in [5.74, 6) is 0.948. The van der Waals surface area contributed by atoms with Crippen molar-refractivity contribution in [3.05, 3.63) is 41.0 Å². The molecule has 2 aromatic rings. The van der Waals surface area contributed by atoms with E-state index in [2.05, 4.69) is 15.5 Å². The molecule has 2 heterocycles. The maximum Gasteiger partial charge on any atom is 0.252 e. The van der Waals surface area contributed by atoms with E-state index in [9.17, 15) is 9.59 Å². The molecule has 1 aliphatic carbocycles. The molecule has 0 radical (unpaired) electrons. The van der Waals surface area contributed by atoms with E-state index in [1.807, 2.05) is 12.1 Å². The lowest BCUT2D eigenvalue weighted by atomic mass is 9.95. The highest BCUT2D eigenvalue weighted by atomic mass is 16.5. The van der Waals surface area contributed by atoms with Gasteiger partial charge in [-0.25, -0.2) is 0 Å².